The molecule has 1 aromatic heterocycles. The van der Waals surface area contributed by atoms with E-state index in [1.165, 1.54) is 11.3 Å². The van der Waals surface area contributed by atoms with Crippen LogP contribution in [0.3, 0.4) is 0 Å². The van der Waals surface area contributed by atoms with Gasteiger partial charge in [-0.05, 0) is 12.8 Å². The molecule has 108 valence electrons. The molecule has 1 amide bonds. The van der Waals surface area contributed by atoms with E-state index in [4.69, 9.17) is 10.5 Å². The number of methoxy groups -OCH3 is 1. The van der Waals surface area contributed by atoms with Crippen molar-refractivity contribution < 1.29 is 9.53 Å². The maximum Gasteiger partial charge on any atom is 0.273 e. The van der Waals surface area contributed by atoms with Crippen LogP contribution in [0.5, 0.6) is 0 Å². The smallest absolute Gasteiger partial charge is 0.273 e. The van der Waals surface area contributed by atoms with E-state index in [0.717, 1.165) is 5.01 Å². The summed E-state index contributed by atoms with van der Waals surface area (Å²) in [5, 5.41) is 2.57. The summed E-state index contributed by atoms with van der Waals surface area (Å²) in [6.45, 7) is 7.85. The highest BCUT2D eigenvalue weighted by atomic mass is 32.1. The maximum atomic E-state index is 12.4. The van der Waals surface area contributed by atoms with Crippen molar-refractivity contribution in [2.24, 2.45) is 11.7 Å². The molecule has 0 fully saturated rings. The van der Waals surface area contributed by atoms with Crippen LogP contribution >= 0.6 is 11.3 Å². The molecule has 1 atom stereocenters. The predicted octanol–water partition coefficient (Wildman–Crippen LogP) is 1.91. The molecule has 0 aromatic carbocycles. The molecule has 19 heavy (non-hydrogen) atoms. The third-order valence-electron chi connectivity index (χ3n) is 2.57. The van der Waals surface area contributed by atoms with Crippen LogP contribution in [0.15, 0.2) is 5.38 Å². The highest BCUT2D eigenvalue weighted by Crippen LogP contribution is 2.17. The number of nitrogens with zero attached hydrogens (tertiary/aromatic N) is 2. The van der Waals surface area contributed by atoms with Gasteiger partial charge < -0.3 is 15.4 Å². The fourth-order valence-electron chi connectivity index (χ4n) is 1.67. The summed E-state index contributed by atoms with van der Waals surface area (Å²) in [4.78, 5) is 18.5. The molecule has 0 spiro atoms. The van der Waals surface area contributed by atoms with Crippen molar-refractivity contribution in [3.63, 3.8) is 0 Å². The molecule has 0 saturated carbocycles. The van der Waals surface area contributed by atoms with Crippen molar-refractivity contribution in [1.82, 2.24) is 9.88 Å². The Balaban J connectivity index is 2.78. The van der Waals surface area contributed by atoms with Gasteiger partial charge in [0.25, 0.3) is 5.91 Å². The molecule has 1 heterocycles. The third-order valence-corrected chi connectivity index (χ3v) is 3.61. The molecule has 0 aliphatic rings. The molecule has 1 aromatic rings. The van der Waals surface area contributed by atoms with Gasteiger partial charge in [0.15, 0.2) is 0 Å². The van der Waals surface area contributed by atoms with Crippen LogP contribution in [0.1, 0.15) is 42.3 Å². The Bertz CT molecular complexity index is 404. The number of nitrogens with two attached hydrogens (primary N) is 1. The summed E-state index contributed by atoms with van der Waals surface area (Å²) in [5.41, 5.74) is 6.25. The van der Waals surface area contributed by atoms with Crippen LogP contribution < -0.4 is 5.73 Å². The second-order valence-corrected chi connectivity index (χ2v) is 5.89. The van der Waals surface area contributed by atoms with Gasteiger partial charge in [-0.3, -0.25) is 4.79 Å². The van der Waals surface area contributed by atoms with E-state index in [0.29, 0.717) is 31.3 Å². The number of rotatable bonds is 7. The molecule has 6 heteroatoms. The standard InChI is InChI=1S/C13H23N3O2S/c1-9(2)7-16(5-6-18-4)13(17)11-8-19-12(15-11)10(3)14/h8-10H,5-7,14H2,1-4H3. The number of ether oxygens (including phenoxy) is 1. The van der Waals surface area contributed by atoms with Crippen molar-refractivity contribution in [3.05, 3.63) is 16.1 Å². The minimum atomic E-state index is -0.135. The highest BCUT2D eigenvalue weighted by molar-refractivity contribution is 7.09. The van der Waals surface area contributed by atoms with Crippen LogP contribution in [0.4, 0.5) is 0 Å². The van der Waals surface area contributed by atoms with Gasteiger partial charge in [0.1, 0.15) is 10.7 Å². The van der Waals surface area contributed by atoms with Crippen LogP contribution in [0.2, 0.25) is 0 Å². The van der Waals surface area contributed by atoms with Gasteiger partial charge in [0, 0.05) is 25.6 Å². The number of thiazole rings is 1. The summed E-state index contributed by atoms with van der Waals surface area (Å²) in [6.07, 6.45) is 0. The topological polar surface area (TPSA) is 68.5 Å². The van der Waals surface area contributed by atoms with Crippen molar-refractivity contribution >= 4 is 17.2 Å². The molecule has 1 rings (SSSR count). The number of carbonyl (C=O) groups is 1. The number of carbonyl (C=O) groups excluding carboxylic acids is 1. The lowest BCUT2D eigenvalue weighted by molar-refractivity contribution is 0.0667. The summed E-state index contributed by atoms with van der Waals surface area (Å²) < 4.78 is 5.05. The summed E-state index contributed by atoms with van der Waals surface area (Å²) >= 11 is 1.43. The zero-order chi connectivity index (χ0) is 14.4. The van der Waals surface area contributed by atoms with Gasteiger partial charge in [0.2, 0.25) is 0 Å². The van der Waals surface area contributed by atoms with E-state index in [2.05, 4.69) is 18.8 Å². The first-order valence-corrected chi connectivity index (χ1v) is 7.32. The fourth-order valence-corrected chi connectivity index (χ4v) is 2.43. The van der Waals surface area contributed by atoms with Gasteiger partial charge >= 0.3 is 0 Å². The Kier molecular flexibility index (Phi) is 6.41. The molecular formula is C13H23N3O2S. The van der Waals surface area contributed by atoms with Crippen LogP contribution in [-0.2, 0) is 4.74 Å². The molecule has 0 aliphatic heterocycles. The summed E-state index contributed by atoms with van der Waals surface area (Å²) in [7, 11) is 1.63. The Hall–Kier alpha value is -0.980. The molecule has 5 nitrogen and oxygen atoms in total. The van der Waals surface area contributed by atoms with E-state index < -0.39 is 0 Å². The Morgan fingerprint density at radius 3 is 2.68 bits per heavy atom. The summed E-state index contributed by atoms with van der Waals surface area (Å²) in [5.74, 6) is 0.362. The largest absolute Gasteiger partial charge is 0.383 e. The lowest BCUT2D eigenvalue weighted by atomic mass is 10.2. The zero-order valence-electron chi connectivity index (χ0n) is 12.0. The van der Waals surface area contributed by atoms with E-state index >= 15 is 0 Å². The fraction of sp³-hybridized carbons (Fsp3) is 0.692. The molecule has 0 radical (unpaired) electrons. The van der Waals surface area contributed by atoms with Crippen molar-refractivity contribution in [2.75, 3.05) is 26.8 Å². The minimum Gasteiger partial charge on any atom is -0.383 e. The average molecular weight is 285 g/mol. The van der Waals surface area contributed by atoms with E-state index in [1.54, 1.807) is 17.4 Å². The molecule has 0 bridgehead atoms. The van der Waals surface area contributed by atoms with Crippen LogP contribution in [0, 0.1) is 5.92 Å². The molecule has 0 aliphatic carbocycles. The molecule has 0 saturated heterocycles. The Morgan fingerprint density at radius 1 is 1.53 bits per heavy atom. The Morgan fingerprint density at radius 2 is 2.21 bits per heavy atom. The van der Waals surface area contributed by atoms with Gasteiger partial charge in [-0.15, -0.1) is 11.3 Å². The highest BCUT2D eigenvalue weighted by Gasteiger charge is 2.20. The van der Waals surface area contributed by atoms with Crippen molar-refractivity contribution in [2.45, 2.75) is 26.8 Å². The number of amides is 1. The van der Waals surface area contributed by atoms with Crippen LogP contribution in [0.25, 0.3) is 0 Å². The van der Waals surface area contributed by atoms with Gasteiger partial charge in [-0.1, -0.05) is 13.8 Å². The summed E-state index contributed by atoms with van der Waals surface area (Å²) in [6, 6.07) is -0.135. The normalized spacial score (nSPS) is 12.7. The van der Waals surface area contributed by atoms with Gasteiger partial charge in [0.05, 0.1) is 12.6 Å². The molecule has 1 unspecified atom stereocenters. The first kappa shape index (κ1) is 16.1. The predicted molar refractivity (Wildman–Crippen MR) is 77.3 cm³/mol. The second kappa shape index (κ2) is 7.57. The monoisotopic (exact) mass is 285 g/mol. The molecular weight excluding hydrogens is 262 g/mol. The zero-order valence-corrected chi connectivity index (χ0v) is 12.9. The maximum absolute atomic E-state index is 12.4. The SMILES string of the molecule is COCCN(CC(C)C)C(=O)c1csc(C(C)N)n1. The number of hydrogen-bond donors (Lipinski definition) is 1. The molecule has 2 N–H and O–H groups in total. The van der Waals surface area contributed by atoms with E-state index in [1.807, 2.05) is 6.92 Å². The first-order chi connectivity index (χ1) is 8.95. The van der Waals surface area contributed by atoms with Gasteiger partial charge in [-0.25, -0.2) is 4.98 Å². The minimum absolute atomic E-state index is 0.0473. The second-order valence-electron chi connectivity index (χ2n) is 5.00. The van der Waals surface area contributed by atoms with E-state index in [-0.39, 0.29) is 11.9 Å². The third kappa shape index (κ3) is 4.89. The van der Waals surface area contributed by atoms with Crippen molar-refractivity contribution in [1.29, 1.82) is 0 Å². The van der Waals surface area contributed by atoms with Gasteiger partial charge in [-0.2, -0.15) is 0 Å². The van der Waals surface area contributed by atoms with Crippen LogP contribution in [-0.4, -0.2) is 42.6 Å². The lowest BCUT2D eigenvalue weighted by Gasteiger charge is -2.23. The number of hydrogen-bond acceptors (Lipinski definition) is 5. The van der Waals surface area contributed by atoms with Crippen molar-refractivity contribution in [3.8, 4) is 0 Å². The average Bonchev–Trinajstić information content (AvgIpc) is 2.82. The quantitative estimate of drug-likeness (QED) is 0.831. The van der Waals surface area contributed by atoms with E-state index in [9.17, 15) is 4.79 Å². The first-order valence-electron chi connectivity index (χ1n) is 6.45. The Labute approximate surface area is 118 Å². The number of aromatic nitrogens is 1. The lowest BCUT2D eigenvalue weighted by Crippen LogP contribution is -2.37.